The molecule has 26 heavy (non-hydrogen) atoms. The van der Waals surface area contributed by atoms with Crippen LogP contribution in [0.2, 0.25) is 0 Å². The molecule has 7 heteroatoms. The number of nitrogens with one attached hydrogen (secondary N) is 1. The summed E-state index contributed by atoms with van der Waals surface area (Å²) in [5.41, 5.74) is 0.0750. The van der Waals surface area contributed by atoms with E-state index in [0.29, 0.717) is 26.2 Å². The van der Waals surface area contributed by atoms with Crippen molar-refractivity contribution in [3.63, 3.8) is 0 Å². The summed E-state index contributed by atoms with van der Waals surface area (Å²) in [4.78, 5) is 20.8. The molecule has 6 nitrogen and oxygen atoms in total. The number of hydrogen-bond donors (Lipinski definition) is 1. The van der Waals surface area contributed by atoms with Crippen molar-refractivity contribution in [3.05, 3.63) is 24.3 Å². The average Bonchev–Trinajstić information content (AvgIpc) is 2.68. The number of nitriles is 1. The van der Waals surface area contributed by atoms with Crippen LogP contribution in [0.1, 0.15) is 39.0 Å². The number of amides is 1. The molecule has 0 spiro atoms. The van der Waals surface area contributed by atoms with E-state index in [1.807, 2.05) is 6.92 Å². The molecule has 1 N–H and O–H groups in total. The van der Waals surface area contributed by atoms with Gasteiger partial charge in [-0.15, -0.1) is 0 Å². The van der Waals surface area contributed by atoms with Gasteiger partial charge in [0.1, 0.15) is 11.4 Å². The van der Waals surface area contributed by atoms with Crippen LogP contribution in [0.25, 0.3) is 0 Å². The lowest BCUT2D eigenvalue weighted by atomic mass is 9.82. The summed E-state index contributed by atoms with van der Waals surface area (Å²) in [6, 6.07) is 3.54. The zero-order chi connectivity index (χ0) is 18.6. The predicted octanol–water partition coefficient (Wildman–Crippen LogP) is 2.07. The molecule has 0 bridgehead atoms. The number of nitrogens with zero attached hydrogens (tertiary/aromatic N) is 4. The minimum atomic E-state index is -0.696. The van der Waals surface area contributed by atoms with Crippen LogP contribution >= 0.6 is 0 Å². The van der Waals surface area contributed by atoms with Crippen molar-refractivity contribution in [2.24, 2.45) is 0 Å². The van der Waals surface area contributed by atoms with Crippen molar-refractivity contribution < 1.29 is 9.18 Å². The van der Waals surface area contributed by atoms with Crippen molar-refractivity contribution in [1.82, 2.24) is 15.2 Å². The summed E-state index contributed by atoms with van der Waals surface area (Å²) in [7, 11) is 0. The van der Waals surface area contributed by atoms with E-state index in [1.165, 1.54) is 12.3 Å². The van der Waals surface area contributed by atoms with Crippen LogP contribution in [-0.2, 0) is 4.79 Å². The van der Waals surface area contributed by atoms with Crippen molar-refractivity contribution in [3.8, 4) is 6.07 Å². The molecule has 2 aliphatic rings. The third-order valence-corrected chi connectivity index (χ3v) is 5.58. The molecule has 0 radical (unpaired) electrons. The van der Waals surface area contributed by atoms with Crippen LogP contribution in [-0.4, -0.2) is 53.6 Å². The van der Waals surface area contributed by atoms with Gasteiger partial charge in [0.2, 0.25) is 5.91 Å². The van der Waals surface area contributed by atoms with Gasteiger partial charge in [0.25, 0.3) is 0 Å². The first-order chi connectivity index (χ1) is 12.5. The number of anilines is 1. The number of aromatic nitrogens is 1. The second kappa shape index (κ2) is 8.00. The summed E-state index contributed by atoms with van der Waals surface area (Å²) in [6.45, 7) is 4.75. The lowest BCUT2D eigenvalue weighted by Gasteiger charge is -2.39. The Kier molecular flexibility index (Phi) is 5.72. The molecule has 3 rings (SSSR count). The van der Waals surface area contributed by atoms with Crippen molar-refractivity contribution >= 4 is 11.6 Å². The molecular weight excluding hydrogens is 333 g/mol. The molecular formula is C19H26FN5O. The minimum Gasteiger partial charge on any atom is -0.368 e. The maximum Gasteiger partial charge on any atom is 0.238 e. The number of carbonyl (C=O) groups is 1. The molecule has 1 aliphatic heterocycles. The predicted molar refractivity (Wildman–Crippen MR) is 97.0 cm³/mol. The number of piperazine rings is 1. The van der Waals surface area contributed by atoms with Gasteiger partial charge in [0.05, 0.1) is 30.2 Å². The lowest BCUT2D eigenvalue weighted by Crippen LogP contribution is -2.58. The van der Waals surface area contributed by atoms with E-state index in [-0.39, 0.29) is 17.8 Å². The average molecular weight is 359 g/mol. The Morgan fingerprint density at radius 2 is 1.96 bits per heavy atom. The van der Waals surface area contributed by atoms with Gasteiger partial charge < -0.3 is 10.2 Å². The first-order valence-corrected chi connectivity index (χ1v) is 9.36. The highest BCUT2D eigenvalue weighted by Gasteiger charge is 2.36. The monoisotopic (exact) mass is 359 g/mol. The first kappa shape index (κ1) is 18.6. The highest BCUT2D eigenvalue weighted by atomic mass is 19.1. The van der Waals surface area contributed by atoms with Crippen LogP contribution in [0.5, 0.6) is 0 Å². The van der Waals surface area contributed by atoms with Crippen molar-refractivity contribution in [2.75, 3.05) is 31.1 Å². The molecule has 1 unspecified atom stereocenters. The van der Waals surface area contributed by atoms with Gasteiger partial charge in [-0.1, -0.05) is 19.3 Å². The van der Waals surface area contributed by atoms with Gasteiger partial charge in [-0.25, -0.2) is 4.39 Å². The highest BCUT2D eigenvalue weighted by molar-refractivity contribution is 5.82. The second-order valence-corrected chi connectivity index (χ2v) is 7.30. The van der Waals surface area contributed by atoms with E-state index < -0.39 is 5.54 Å². The minimum absolute atomic E-state index is 0.0747. The van der Waals surface area contributed by atoms with Gasteiger partial charge >= 0.3 is 0 Å². The third kappa shape index (κ3) is 4.13. The number of pyridine rings is 1. The first-order valence-electron chi connectivity index (χ1n) is 9.36. The van der Waals surface area contributed by atoms with Gasteiger partial charge in [0.15, 0.2) is 0 Å². The Labute approximate surface area is 154 Å². The Morgan fingerprint density at radius 1 is 1.27 bits per heavy atom. The quantitative estimate of drug-likeness (QED) is 0.891. The maximum atomic E-state index is 13.3. The number of rotatable bonds is 4. The SMILES string of the molecule is CC(C(=O)NC1(C#N)CCCCC1)N1CCN(c2cncc(F)c2)CC1. The van der Waals surface area contributed by atoms with E-state index in [4.69, 9.17) is 0 Å². The van der Waals surface area contributed by atoms with E-state index in [2.05, 4.69) is 26.2 Å². The summed E-state index contributed by atoms with van der Waals surface area (Å²) >= 11 is 0. The summed E-state index contributed by atoms with van der Waals surface area (Å²) in [5, 5.41) is 12.6. The Morgan fingerprint density at radius 3 is 2.58 bits per heavy atom. The van der Waals surface area contributed by atoms with Gasteiger partial charge in [-0.2, -0.15) is 5.26 Å². The van der Waals surface area contributed by atoms with Crippen LogP contribution in [0.4, 0.5) is 10.1 Å². The molecule has 1 atom stereocenters. The second-order valence-electron chi connectivity index (χ2n) is 7.30. The zero-order valence-electron chi connectivity index (χ0n) is 15.2. The molecule has 1 aromatic rings. The topological polar surface area (TPSA) is 72.3 Å². The molecule has 2 fully saturated rings. The van der Waals surface area contributed by atoms with E-state index in [0.717, 1.165) is 37.8 Å². The van der Waals surface area contributed by atoms with Crippen LogP contribution in [0.3, 0.4) is 0 Å². The molecule has 2 heterocycles. The standard InChI is InChI=1S/C19H26FN5O/c1-15(18(26)23-19(14-21)5-3-2-4-6-19)24-7-9-25(10-8-24)17-11-16(20)12-22-13-17/h11-13,15H,2-10H2,1H3,(H,23,26). The van der Waals surface area contributed by atoms with Gasteiger partial charge in [-0.3, -0.25) is 14.7 Å². The molecule has 1 saturated heterocycles. The third-order valence-electron chi connectivity index (χ3n) is 5.58. The maximum absolute atomic E-state index is 13.3. The Balaban J connectivity index is 1.55. The highest BCUT2D eigenvalue weighted by Crippen LogP contribution is 2.28. The Bertz CT molecular complexity index is 675. The van der Waals surface area contributed by atoms with Crippen LogP contribution < -0.4 is 10.2 Å². The summed E-state index contributed by atoms with van der Waals surface area (Å²) < 4.78 is 13.3. The molecule has 1 saturated carbocycles. The number of hydrogen-bond acceptors (Lipinski definition) is 5. The van der Waals surface area contributed by atoms with E-state index >= 15 is 0 Å². The normalized spacial score (nSPS) is 21.7. The number of carbonyl (C=O) groups excluding carboxylic acids is 1. The molecule has 140 valence electrons. The van der Waals surface area contributed by atoms with E-state index in [1.54, 1.807) is 6.20 Å². The van der Waals surface area contributed by atoms with Crippen LogP contribution in [0, 0.1) is 17.1 Å². The van der Waals surface area contributed by atoms with Crippen LogP contribution in [0.15, 0.2) is 18.5 Å². The molecule has 0 aromatic carbocycles. The fourth-order valence-electron chi connectivity index (χ4n) is 3.87. The summed E-state index contributed by atoms with van der Waals surface area (Å²) in [6.07, 6.45) is 7.44. The molecule has 1 amide bonds. The molecule has 1 aliphatic carbocycles. The fourth-order valence-corrected chi connectivity index (χ4v) is 3.87. The number of halogens is 1. The summed E-state index contributed by atoms with van der Waals surface area (Å²) in [5.74, 6) is -0.415. The van der Waals surface area contributed by atoms with E-state index in [9.17, 15) is 14.4 Å². The largest absolute Gasteiger partial charge is 0.368 e. The zero-order valence-corrected chi connectivity index (χ0v) is 15.2. The lowest BCUT2D eigenvalue weighted by molar-refractivity contribution is -0.127. The smallest absolute Gasteiger partial charge is 0.238 e. The Hall–Kier alpha value is -2.20. The van der Waals surface area contributed by atoms with Gasteiger partial charge in [-0.05, 0) is 19.8 Å². The molecule has 1 aromatic heterocycles. The fraction of sp³-hybridized carbons (Fsp3) is 0.632. The van der Waals surface area contributed by atoms with Crippen molar-refractivity contribution in [1.29, 1.82) is 5.26 Å². The van der Waals surface area contributed by atoms with Gasteiger partial charge in [0, 0.05) is 32.2 Å². The van der Waals surface area contributed by atoms with Crippen molar-refractivity contribution in [2.45, 2.75) is 50.6 Å².